The lowest BCUT2D eigenvalue weighted by atomic mass is 10.1. The summed E-state index contributed by atoms with van der Waals surface area (Å²) in [6, 6.07) is 10.4. The maximum Gasteiger partial charge on any atom is 0.133 e. The lowest BCUT2D eigenvalue weighted by Crippen LogP contribution is -2.27. The standard InChI is InChI=1S/C15H18BrNO2/c1-11(8-13-4-3-7-19-13)17-10-12-5-6-15(18-2)14(16)9-12/h3-7,9,11,17H,8,10H2,1-2H3. The number of benzene rings is 1. The molecule has 1 aromatic heterocycles. The van der Waals surface area contributed by atoms with Gasteiger partial charge in [0, 0.05) is 19.0 Å². The molecule has 0 aliphatic heterocycles. The van der Waals surface area contributed by atoms with E-state index in [1.165, 1.54) is 5.56 Å². The van der Waals surface area contributed by atoms with Gasteiger partial charge in [0.05, 0.1) is 17.8 Å². The summed E-state index contributed by atoms with van der Waals surface area (Å²) in [5.74, 6) is 1.86. The molecule has 0 radical (unpaired) electrons. The molecule has 2 rings (SSSR count). The number of hydrogen-bond acceptors (Lipinski definition) is 3. The molecular formula is C15H18BrNO2. The van der Waals surface area contributed by atoms with Crippen LogP contribution in [0.2, 0.25) is 0 Å². The van der Waals surface area contributed by atoms with Crippen molar-refractivity contribution in [3.8, 4) is 5.75 Å². The van der Waals surface area contributed by atoms with Crippen molar-refractivity contribution in [2.45, 2.75) is 25.9 Å². The van der Waals surface area contributed by atoms with Crippen molar-refractivity contribution in [3.05, 3.63) is 52.4 Å². The summed E-state index contributed by atoms with van der Waals surface area (Å²) in [4.78, 5) is 0. The van der Waals surface area contributed by atoms with Crippen LogP contribution in [0.15, 0.2) is 45.5 Å². The third-order valence-corrected chi connectivity index (χ3v) is 3.58. The highest BCUT2D eigenvalue weighted by molar-refractivity contribution is 9.10. The normalized spacial score (nSPS) is 12.4. The summed E-state index contributed by atoms with van der Waals surface area (Å²) >= 11 is 3.50. The van der Waals surface area contributed by atoms with Crippen LogP contribution in [0.1, 0.15) is 18.2 Å². The van der Waals surface area contributed by atoms with E-state index in [0.29, 0.717) is 6.04 Å². The molecule has 0 bridgehead atoms. The molecule has 4 heteroatoms. The largest absolute Gasteiger partial charge is 0.496 e. The van der Waals surface area contributed by atoms with Gasteiger partial charge < -0.3 is 14.5 Å². The maximum atomic E-state index is 5.34. The average molecular weight is 324 g/mol. The number of nitrogens with one attached hydrogen (secondary N) is 1. The van der Waals surface area contributed by atoms with Crippen molar-refractivity contribution in [2.75, 3.05) is 7.11 Å². The van der Waals surface area contributed by atoms with E-state index in [9.17, 15) is 0 Å². The zero-order valence-corrected chi connectivity index (χ0v) is 12.7. The Hall–Kier alpha value is -1.26. The Labute approximate surface area is 122 Å². The van der Waals surface area contributed by atoms with Crippen LogP contribution in [-0.2, 0) is 13.0 Å². The molecule has 0 amide bonds. The van der Waals surface area contributed by atoms with Crippen LogP contribution in [0.25, 0.3) is 0 Å². The van der Waals surface area contributed by atoms with Crippen molar-refractivity contribution >= 4 is 15.9 Å². The van der Waals surface area contributed by atoms with Gasteiger partial charge in [-0.1, -0.05) is 6.07 Å². The van der Waals surface area contributed by atoms with Crippen LogP contribution >= 0.6 is 15.9 Å². The molecule has 1 aromatic carbocycles. The van der Waals surface area contributed by atoms with Crippen LogP contribution in [0, 0.1) is 0 Å². The Kier molecular flexibility index (Phi) is 5.05. The molecule has 0 spiro atoms. The van der Waals surface area contributed by atoms with E-state index in [1.807, 2.05) is 18.2 Å². The van der Waals surface area contributed by atoms with E-state index in [0.717, 1.165) is 28.9 Å². The number of halogens is 1. The molecule has 3 nitrogen and oxygen atoms in total. The Balaban J connectivity index is 1.86. The van der Waals surface area contributed by atoms with E-state index in [-0.39, 0.29) is 0 Å². The fraction of sp³-hybridized carbons (Fsp3) is 0.333. The van der Waals surface area contributed by atoms with Crippen molar-refractivity contribution in [1.29, 1.82) is 0 Å². The van der Waals surface area contributed by atoms with Gasteiger partial charge in [-0.2, -0.15) is 0 Å². The molecule has 0 saturated heterocycles. The molecule has 1 N–H and O–H groups in total. The van der Waals surface area contributed by atoms with E-state index >= 15 is 0 Å². The second-order valence-electron chi connectivity index (χ2n) is 4.53. The van der Waals surface area contributed by atoms with Gasteiger partial charge >= 0.3 is 0 Å². The number of rotatable bonds is 6. The highest BCUT2D eigenvalue weighted by Gasteiger charge is 2.06. The molecule has 2 aromatic rings. The molecule has 19 heavy (non-hydrogen) atoms. The van der Waals surface area contributed by atoms with E-state index in [4.69, 9.17) is 9.15 Å². The summed E-state index contributed by atoms with van der Waals surface area (Å²) in [5.41, 5.74) is 1.22. The second kappa shape index (κ2) is 6.78. The van der Waals surface area contributed by atoms with Crippen LogP contribution in [0.5, 0.6) is 5.75 Å². The minimum atomic E-state index is 0.368. The van der Waals surface area contributed by atoms with Gasteiger partial charge in [-0.3, -0.25) is 0 Å². The minimum Gasteiger partial charge on any atom is -0.496 e. The Morgan fingerprint density at radius 3 is 2.84 bits per heavy atom. The molecular weight excluding hydrogens is 306 g/mol. The smallest absolute Gasteiger partial charge is 0.133 e. The summed E-state index contributed by atoms with van der Waals surface area (Å²) < 4.78 is 11.5. The lowest BCUT2D eigenvalue weighted by Gasteiger charge is -2.13. The van der Waals surface area contributed by atoms with Crippen LogP contribution in [0.4, 0.5) is 0 Å². The van der Waals surface area contributed by atoms with Gasteiger partial charge in [-0.25, -0.2) is 0 Å². The Morgan fingerprint density at radius 1 is 1.37 bits per heavy atom. The topological polar surface area (TPSA) is 34.4 Å². The summed E-state index contributed by atoms with van der Waals surface area (Å²) in [6.45, 7) is 2.98. The van der Waals surface area contributed by atoms with E-state index in [1.54, 1.807) is 13.4 Å². The van der Waals surface area contributed by atoms with Gasteiger partial charge in [0.2, 0.25) is 0 Å². The summed E-state index contributed by atoms with van der Waals surface area (Å²) in [6.07, 6.45) is 2.60. The Morgan fingerprint density at radius 2 is 2.21 bits per heavy atom. The first-order chi connectivity index (χ1) is 9.19. The number of methoxy groups -OCH3 is 1. The highest BCUT2D eigenvalue weighted by Crippen LogP contribution is 2.25. The van der Waals surface area contributed by atoms with Crippen molar-refractivity contribution in [3.63, 3.8) is 0 Å². The lowest BCUT2D eigenvalue weighted by molar-refractivity contribution is 0.411. The first-order valence-corrected chi connectivity index (χ1v) is 7.06. The molecule has 0 fully saturated rings. The first-order valence-electron chi connectivity index (χ1n) is 6.27. The van der Waals surface area contributed by atoms with Gasteiger partial charge in [0.15, 0.2) is 0 Å². The van der Waals surface area contributed by atoms with Crippen molar-refractivity contribution in [1.82, 2.24) is 5.32 Å². The average Bonchev–Trinajstić information content (AvgIpc) is 2.89. The summed E-state index contributed by atoms with van der Waals surface area (Å²) in [5, 5.41) is 3.48. The van der Waals surface area contributed by atoms with Gasteiger partial charge in [-0.15, -0.1) is 0 Å². The van der Waals surface area contributed by atoms with Crippen molar-refractivity contribution in [2.24, 2.45) is 0 Å². The molecule has 0 aliphatic carbocycles. The van der Waals surface area contributed by atoms with Crippen molar-refractivity contribution < 1.29 is 9.15 Å². The third-order valence-electron chi connectivity index (χ3n) is 2.96. The minimum absolute atomic E-state index is 0.368. The maximum absolute atomic E-state index is 5.34. The van der Waals surface area contributed by atoms with E-state index in [2.05, 4.69) is 40.3 Å². The zero-order chi connectivity index (χ0) is 13.7. The predicted molar refractivity (Wildman–Crippen MR) is 79.4 cm³/mol. The van der Waals surface area contributed by atoms with E-state index < -0.39 is 0 Å². The number of ether oxygens (including phenoxy) is 1. The number of hydrogen-bond donors (Lipinski definition) is 1. The Bertz CT molecular complexity index is 511. The molecule has 1 heterocycles. The monoisotopic (exact) mass is 323 g/mol. The van der Waals surface area contributed by atoms with Crippen LogP contribution in [-0.4, -0.2) is 13.2 Å². The molecule has 102 valence electrons. The molecule has 0 saturated carbocycles. The molecule has 1 atom stereocenters. The fourth-order valence-corrected chi connectivity index (χ4v) is 2.50. The van der Waals surface area contributed by atoms with Crippen LogP contribution in [0.3, 0.4) is 0 Å². The van der Waals surface area contributed by atoms with Gasteiger partial charge in [0.25, 0.3) is 0 Å². The first kappa shape index (κ1) is 14.2. The van der Waals surface area contributed by atoms with Gasteiger partial charge in [0.1, 0.15) is 11.5 Å². The quantitative estimate of drug-likeness (QED) is 0.878. The number of furan rings is 1. The second-order valence-corrected chi connectivity index (χ2v) is 5.39. The van der Waals surface area contributed by atoms with Crippen LogP contribution < -0.4 is 10.1 Å². The molecule has 0 aliphatic rings. The summed E-state index contributed by atoms with van der Waals surface area (Å²) in [7, 11) is 1.67. The SMILES string of the molecule is COc1ccc(CNC(C)Cc2ccco2)cc1Br. The highest BCUT2D eigenvalue weighted by atomic mass is 79.9. The predicted octanol–water partition coefficient (Wildman–Crippen LogP) is 3.77. The fourth-order valence-electron chi connectivity index (χ4n) is 1.91. The van der Waals surface area contributed by atoms with Gasteiger partial charge in [-0.05, 0) is 52.7 Å². The third kappa shape index (κ3) is 4.11. The molecule has 1 unspecified atom stereocenters. The zero-order valence-electron chi connectivity index (χ0n) is 11.2.